The Balaban J connectivity index is 1.89. The Hall–Kier alpha value is -4.06. The molecule has 168 valence electrons. The van der Waals surface area contributed by atoms with Crippen molar-refractivity contribution in [2.45, 2.75) is 20.8 Å². The number of carbonyl (C=O) groups is 2. The highest BCUT2D eigenvalue weighted by Gasteiger charge is 2.42. The van der Waals surface area contributed by atoms with Crippen LogP contribution >= 0.6 is 0 Å². The van der Waals surface area contributed by atoms with E-state index in [9.17, 15) is 9.59 Å². The van der Waals surface area contributed by atoms with Crippen LogP contribution < -0.4 is 19.7 Å². The fourth-order valence-corrected chi connectivity index (χ4v) is 4.01. The number of hydrogen-bond donors (Lipinski definition) is 1. The van der Waals surface area contributed by atoms with E-state index in [1.54, 1.807) is 24.3 Å². The molecule has 6 heteroatoms. The normalized spacial score (nSPS) is 13.5. The van der Waals surface area contributed by atoms with E-state index < -0.39 is 11.8 Å². The third kappa shape index (κ3) is 4.07. The Kier molecular flexibility index (Phi) is 6.18. The molecule has 1 aliphatic rings. The van der Waals surface area contributed by atoms with Crippen LogP contribution in [0.15, 0.2) is 72.4 Å². The Morgan fingerprint density at radius 3 is 2.27 bits per heavy atom. The molecule has 1 aliphatic heterocycles. The minimum Gasteiger partial charge on any atom is -0.495 e. The van der Waals surface area contributed by atoms with Gasteiger partial charge in [-0.1, -0.05) is 48.0 Å². The van der Waals surface area contributed by atoms with E-state index >= 15 is 0 Å². The van der Waals surface area contributed by atoms with E-state index in [1.807, 2.05) is 63.2 Å². The largest absolute Gasteiger partial charge is 0.495 e. The van der Waals surface area contributed by atoms with E-state index in [0.29, 0.717) is 40.6 Å². The number of ether oxygens (including phenoxy) is 2. The number of hydrogen-bond acceptors (Lipinski definition) is 5. The predicted molar refractivity (Wildman–Crippen MR) is 130 cm³/mol. The van der Waals surface area contributed by atoms with Gasteiger partial charge in [0.25, 0.3) is 11.8 Å². The van der Waals surface area contributed by atoms with Gasteiger partial charge in [0.2, 0.25) is 0 Å². The van der Waals surface area contributed by atoms with Crippen molar-refractivity contribution in [2.75, 3.05) is 23.9 Å². The van der Waals surface area contributed by atoms with Gasteiger partial charge in [-0.25, -0.2) is 4.90 Å². The molecule has 0 atom stereocenters. The summed E-state index contributed by atoms with van der Waals surface area (Å²) in [6.45, 7) is 6.29. The van der Waals surface area contributed by atoms with Crippen LogP contribution in [-0.4, -0.2) is 25.5 Å². The first-order chi connectivity index (χ1) is 16.0. The monoisotopic (exact) mass is 442 g/mol. The summed E-state index contributed by atoms with van der Waals surface area (Å²) < 4.78 is 11.2. The molecule has 0 unspecified atom stereocenters. The van der Waals surface area contributed by atoms with E-state index in [2.05, 4.69) is 5.32 Å². The summed E-state index contributed by atoms with van der Waals surface area (Å²) in [5.74, 6) is 0.178. The van der Waals surface area contributed by atoms with E-state index in [1.165, 1.54) is 12.0 Å². The molecule has 0 saturated carbocycles. The van der Waals surface area contributed by atoms with Gasteiger partial charge in [-0.05, 0) is 56.2 Å². The van der Waals surface area contributed by atoms with Crippen molar-refractivity contribution >= 4 is 28.8 Å². The van der Waals surface area contributed by atoms with Gasteiger partial charge in [-0.3, -0.25) is 9.59 Å². The number of nitrogens with one attached hydrogen (secondary N) is 1. The third-order valence-corrected chi connectivity index (χ3v) is 5.51. The molecule has 0 fully saturated rings. The topological polar surface area (TPSA) is 67.9 Å². The predicted octanol–water partition coefficient (Wildman–Crippen LogP) is 5.11. The minimum absolute atomic E-state index is 0.199. The molecule has 33 heavy (non-hydrogen) atoms. The zero-order valence-corrected chi connectivity index (χ0v) is 19.1. The smallest absolute Gasteiger partial charge is 0.282 e. The molecule has 2 amide bonds. The molecule has 3 aromatic carbocycles. The van der Waals surface area contributed by atoms with Crippen molar-refractivity contribution in [3.8, 4) is 11.5 Å². The molecule has 0 bridgehead atoms. The van der Waals surface area contributed by atoms with Gasteiger partial charge in [0.05, 0.1) is 30.7 Å². The van der Waals surface area contributed by atoms with Crippen LogP contribution in [-0.2, 0) is 9.59 Å². The first-order valence-electron chi connectivity index (χ1n) is 10.8. The second-order valence-electron chi connectivity index (χ2n) is 7.74. The highest BCUT2D eigenvalue weighted by Crippen LogP contribution is 2.39. The lowest BCUT2D eigenvalue weighted by atomic mass is 9.97. The number of para-hydroxylation sites is 4. The van der Waals surface area contributed by atoms with Crippen molar-refractivity contribution < 1.29 is 19.1 Å². The molecule has 0 aromatic heterocycles. The quantitative estimate of drug-likeness (QED) is 0.515. The van der Waals surface area contributed by atoms with Crippen LogP contribution in [0.1, 0.15) is 23.6 Å². The second kappa shape index (κ2) is 9.20. The van der Waals surface area contributed by atoms with E-state index in [-0.39, 0.29) is 5.70 Å². The van der Waals surface area contributed by atoms with Gasteiger partial charge < -0.3 is 14.8 Å². The van der Waals surface area contributed by atoms with Gasteiger partial charge in [-0.15, -0.1) is 0 Å². The van der Waals surface area contributed by atoms with Crippen molar-refractivity contribution in [3.05, 3.63) is 89.1 Å². The summed E-state index contributed by atoms with van der Waals surface area (Å²) in [5.41, 5.74) is 4.20. The van der Waals surface area contributed by atoms with Crippen LogP contribution in [0, 0.1) is 13.8 Å². The van der Waals surface area contributed by atoms with Crippen LogP contribution in [0.4, 0.5) is 11.4 Å². The number of nitrogens with zero attached hydrogens (tertiary/aromatic N) is 1. The molecule has 0 saturated heterocycles. The van der Waals surface area contributed by atoms with E-state index in [4.69, 9.17) is 9.47 Å². The highest BCUT2D eigenvalue weighted by molar-refractivity contribution is 6.46. The number of anilines is 2. The average molecular weight is 443 g/mol. The molecule has 1 heterocycles. The highest BCUT2D eigenvalue weighted by atomic mass is 16.5. The van der Waals surface area contributed by atoms with Crippen LogP contribution in [0.5, 0.6) is 11.5 Å². The molecule has 0 radical (unpaired) electrons. The molecule has 1 N–H and O–H groups in total. The Morgan fingerprint density at radius 1 is 0.879 bits per heavy atom. The van der Waals surface area contributed by atoms with Crippen LogP contribution in [0.2, 0.25) is 0 Å². The lowest BCUT2D eigenvalue weighted by Crippen LogP contribution is -2.32. The van der Waals surface area contributed by atoms with E-state index in [0.717, 1.165) is 11.1 Å². The number of imide groups is 1. The number of aryl methyl sites for hydroxylation is 2. The number of amides is 2. The maximum absolute atomic E-state index is 13.8. The fraction of sp³-hybridized carbons (Fsp3) is 0.185. The summed E-state index contributed by atoms with van der Waals surface area (Å²) in [7, 11) is 1.51. The molecular formula is C27H26N2O4. The summed E-state index contributed by atoms with van der Waals surface area (Å²) in [5, 5.41) is 3.20. The van der Waals surface area contributed by atoms with Crippen molar-refractivity contribution in [3.63, 3.8) is 0 Å². The summed E-state index contributed by atoms with van der Waals surface area (Å²) in [6, 6.07) is 20.2. The summed E-state index contributed by atoms with van der Waals surface area (Å²) in [4.78, 5) is 28.6. The third-order valence-electron chi connectivity index (χ3n) is 5.51. The maximum atomic E-state index is 13.8. The summed E-state index contributed by atoms with van der Waals surface area (Å²) >= 11 is 0. The second-order valence-corrected chi connectivity index (χ2v) is 7.74. The average Bonchev–Trinajstić information content (AvgIpc) is 3.04. The lowest BCUT2D eigenvalue weighted by molar-refractivity contribution is -0.120. The fourth-order valence-electron chi connectivity index (χ4n) is 4.01. The summed E-state index contributed by atoms with van der Waals surface area (Å²) in [6.07, 6.45) is 0. The van der Waals surface area contributed by atoms with Gasteiger partial charge >= 0.3 is 0 Å². The molecule has 3 aromatic rings. The van der Waals surface area contributed by atoms with Gasteiger partial charge in [0, 0.05) is 0 Å². The Morgan fingerprint density at radius 2 is 1.58 bits per heavy atom. The molecular weight excluding hydrogens is 416 g/mol. The zero-order valence-electron chi connectivity index (χ0n) is 19.1. The van der Waals surface area contributed by atoms with Crippen molar-refractivity contribution in [1.82, 2.24) is 0 Å². The standard InChI is InChI=1S/C27H26N2O4/c1-5-33-22-12-8-6-10-20(22)28-25-24(19-15-14-17(2)16-18(19)3)26(30)29(27(25)31)21-11-7-9-13-23(21)32-4/h6-16,28H,5H2,1-4H3. The van der Waals surface area contributed by atoms with Crippen molar-refractivity contribution in [2.24, 2.45) is 0 Å². The van der Waals surface area contributed by atoms with Gasteiger partial charge in [-0.2, -0.15) is 0 Å². The maximum Gasteiger partial charge on any atom is 0.282 e. The first kappa shape index (κ1) is 22.1. The molecule has 0 aliphatic carbocycles. The van der Waals surface area contributed by atoms with Crippen LogP contribution in [0.25, 0.3) is 5.57 Å². The molecule has 0 spiro atoms. The SMILES string of the molecule is CCOc1ccccc1NC1=C(c2ccc(C)cc2C)C(=O)N(c2ccccc2OC)C1=O. The van der Waals surface area contributed by atoms with Crippen molar-refractivity contribution in [1.29, 1.82) is 0 Å². The minimum atomic E-state index is -0.453. The van der Waals surface area contributed by atoms with Gasteiger partial charge in [0.1, 0.15) is 17.2 Å². The zero-order chi connectivity index (χ0) is 23.5. The number of rotatable bonds is 7. The lowest BCUT2D eigenvalue weighted by Gasteiger charge is -2.18. The number of carbonyl (C=O) groups excluding carboxylic acids is 2. The van der Waals surface area contributed by atoms with Gasteiger partial charge in [0.15, 0.2) is 0 Å². The van der Waals surface area contributed by atoms with Crippen LogP contribution in [0.3, 0.4) is 0 Å². The molecule has 6 nitrogen and oxygen atoms in total. The number of methoxy groups -OCH3 is 1. The number of benzene rings is 3. The molecule has 4 rings (SSSR count). The first-order valence-corrected chi connectivity index (χ1v) is 10.8. The Labute approximate surface area is 193 Å². The Bertz CT molecular complexity index is 1260.